The Morgan fingerprint density at radius 1 is 0.920 bits per heavy atom. The largest absolute Gasteiger partial charge is 0.333 e. The number of anilines is 1. The van der Waals surface area contributed by atoms with Gasteiger partial charge in [-0.15, -0.1) is 11.3 Å². The smallest absolute Gasteiger partial charge is 0.319 e. The molecule has 3 aromatic rings. The Balaban J connectivity index is 1.55. The van der Waals surface area contributed by atoms with E-state index in [0.29, 0.717) is 17.0 Å². The summed E-state index contributed by atoms with van der Waals surface area (Å²) < 4.78 is 0. The van der Waals surface area contributed by atoms with Gasteiger partial charge in [0, 0.05) is 16.1 Å². The van der Waals surface area contributed by atoms with Crippen LogP contribution in [0.4, 0.5) is 10.5 Å². The quantitative estimate of drug-likeness (QED) is 0.660. The zero-order chi connectivity index (χ0) is 17.6. The van der Waals surface area contributed by atoms with E-state index < -0.39 is 0 Å². The Morgan fingerprint density at radius 2 is 1.64 bits per heavy atom. The van der Waals surface area contributed by atoms with Gasteiger partial charge in [0.1, 0.15) is 0 Å². The van der Waals surface area contributed by atoms with E-state index in [1.807, 2.05) is 55.5 Å². The lowest BCUT2D eigenvalue weighted by Gasteiger charge is -2.06. The molecule has 0 saturated heterocycles. The molecule has 3 rings (SSSR count). The predicted octanol–water partition coefficient (Wildman–Crippen LogP) is 4.61. The molecular formula is C20H18N2O2S. The second kappa shape index (κ2) is 7.77. The van der Waals surface area contributed by atoms with Crippen molar-refractivity contribution in [2.45, 2.75) is 13.5 Å². The third-order valence-electron chi connectivity index (χ3n) is 3.65. The minimum atomic E-state index is -0.270. The highest BCUT2D eigenvalue weighted by Gasteiger charge is 2.12. The maximum atomic E-state index is 12.4. The summed E-state index contributed by atoms with van der Waals surface area (Å²) in [6, 6.07) is 20.2. The molecule has 0 aliphatic rings. The average molecular weight is 350 g/mol. The van der Waals surface area contributed by atoms with Crippen LogP contribution in [0, 0.1) is 6.92 Å². The van der Waals surface area contributed by atoms with E-state index in [9.17, 15) is 9.59 Å². The topological polar surface area (TPSA) is 58.2 Å². The molecule has 0 saturated carbocycles. The van der Waals surface area contributed by atoms with Crippen LogP contribution in [0.2, 0.25) is 0 Å². The number of ketones is 1. The Bertz CT molecular complexity index is 870. The van der Waals surface area contributed by atoms with E-state index in [1.54, 1.807) is 18.2 Å². The van der Waals surface area contributed by atoms with Crippen LogP contribution >= 0.6 is 11.3 Å². The Morgan fingerprint density at radius 3 is 2.36 bits per heavy atom. The minimum absolute atomic E-state index is 0.000886. The molecule has 0 radical (unpaired) electrons. The zero-order valence-corrected chi connectivity index (χ0v) is 14.6. The van der Waals surface area contributed by atoms with Gasteiger partial charge in [-0.25, -0.2) is 4.79 Å². The number of aryl methyl sites for hydroxylation is 1. The van der Waals surface area contributed by atoms with Crippen LogP contribution in [0.3, 0.4) is 0 Å². The van der Waals surface area contributed by atoms with Crippen LogP contribution in [-0.4, -0.2) is 11.8 Å². The van der Waals surface area contributed by atoms with Crippen molar-refractivity contribution in [3.8, 4) is 0 Å². The Hall–Kier alpha value is -2.92. The van der Waals surface area contributed by atoms with Crippen LogP contribution in [-0.2, 0) is 6.54 Å². The van der Waals surface area contributed by atoms with Gasteiger partial charge in [-0.3, -0.25) is 4.79 Å². The lowest BCUT2D eigenvalue weighted by molar-refractivity contribution is 0.104. The van der Waals surface area contributed by atoms with Gasteiger partial charge in [0.2, 0.25) is 5.78 Å². The second-order valence-electron chi connectivity index (χ2n) is 5.63. The van der Waals surface area contributed by atoms with Crippen LogP contribution in [0.1, 0.15) is 25.7 Å². The van der Waals surface area contributed by atoms with E-state index in [1.165, 1.54) is 11.3 Å². The first-order valence-corrected chi connectivity index (χ1v) is 8.73. The summed E-state index contributed by atoms with van der Waals surface area (Å²) in [6.07, 6.45) is 0. The van der Waals surface area contributed by atoms with Crippen molar-refractivity contribution in [3.63, 3.8) is 0 Å². The van der Waals surface area contributed by atoms with Crippen LogP contribution < -0.4 is 10.6 Å². The van der Waals surface area contributed by atoms with E-state index >= 15 is 0 Å². The number of nitrogens with one attached hydrogen (secondary N) is 2. The number of rotatable bonds is 5. The molecule has 0 spiro atoms. The van der Waals surface area contributed by atoms with Gasteiger partial charge >= 0.3 is 6.03 Å². The molecule has 0 aliphatic carbocycles. The third-order valence-corrected chi connectivity index (χ3v) is 4.74. The fourth-order valence-electron chi connectivity index (χ4n) is 2.31. The van der Waals surface area contributed by atoms with Gasteiger partial charge in [-0.2, -0.15) is 0 Å². The monoisotopic (exact) mass is 350 g/mol. The molecule has 2 aromatic carbocycles. The molecule has 126 valence electrons. The second-order valence-corrected chi connectivity index (χ2v) is 6.80. The maximum Gasteiger partial charge on any atom is 0.319 e. The molecule has 0 atom stereocenters. The summed E-state index contributed by atoms with van der Waals surface area (Å²) in [4.78, 5) is 25.9. The molecule has 2 amide bonds. The average Bonchev–Trinajstić information content (AvgIpc) is 3.11. The fourth-order valence-corrected chi connectivity index (χ4v) is 3.22. The summed E-state index contributed by atoms with van der Waals surface area (Å²) in [5.41, 5.74) is 2.55. The van der Waals surface area contributed by atoms with Crippen molar-refractivity contribution in [1.82, 2.24) is 5.32 Å². The number of amides is 2. The molecule has 1 heterocycles. The number of carbonyl (C=O) groups is 2. The van der Waals surface area contributed by atoms with Crippen molar-refractivity contribution in [3.05, 3.63) is 87.6 Å². The molecular weight excluding hydrogens is 332 g/mol. The van der Waals surface area contributed by atoms with Gasteiger partial charge in [0.05, 0.1) is 11.4 Å². The maximum absolute atomic E-state index is 12.4. The summed E-state index contributed by atoms with van der Waals surface area (Å²) in [5, 5.41) is 5.59. The summed E-state index contributed by atoms with van der Waals surface area (Å²) in [6.45, 7) is 2.37. The lowest BCUT2D eigenvalue weighted by atomic mass is 10.1. The van der Waals surface area contributed by atoms with E-state index in [2.05, 4.69) is 10.6 Å². The van der Waals surface area contributed by atoms with Gasteiger partial charge in [0.25, 0.3) is 0 Å². The van der Waals surface area contributed by atoms with Gasteiger partial charge in [-0.1, -0.05) is 48.0 Å². The number of hydrogen-bond acceptors (Lipinski definition) is 3. The number of urea groups is 1. The van der Waals surface area contributed by atoms with Crippen molar-refractivity contribution < 1.29 is 9.59 Å². The zero-order valence-electron chi connectivity index (χ0n) is 13.8. The molecule has 4 nitrogen and oxygen atoms in total. The van der Waals surface area contributed by atoms with Crippen molar-refractivity contribution in [1.29, 1.82) is 0 Å². The molecule has 0 fully saturated rings. The first kappa shape index (κ1) is 16.9. The SMILES string of the molecule is Cc1ccc(NC(=O)NCc2ccc(C(=O)c3ccccc3)s2)cc1. The summed E-state index contributed by atoms with van der Waals surface area (Å²) >= 11 is 1.39. The fraction of sp³-hybridized carbons (Fsp3) is 0.100. The number of hydrogen-bond donors (Lipinski definition) is 2. The molecule has 0 aliphatic heterocycles. The van der Waals surface area contributed by atoms with Gasteiger partial charge in [0.15, 0.2) is 0 Å². The highest BCUT2D eigenvalue weighted by molar-refractivity contribution is 7.14. The molecule has 1 aromatic heterocycles. The van der Waals surface area contributed by atoms with Crippen molar-refractivity contribution in [2.24, 2.45) is 0 Å². The van der Waals surface area contributed by atoms with Crippen LogP contribution in [0.15, 0.2) is 66.7 Å². The normalized spacial score (nSPS) is 10.3. The van der Waals surface area contributed by atoms with Crippen LogP contribution in [0.5, 0.6) is 0 Å². The Labute approximate surface area is 150 Å². The highest BCUT2D eigenvalue weighted by atomic mass is 32.1. The van der Waals surface area contributed by atoms with E-state index in [-0.39, 0.29) is 11.8 Å². The lowest BCUT2D eigenvalue weighted by Crippen LogP contribution is -2.27. The van der Waals surface area contributed by atoms with E-state index in [0.717, 1.165) is 16.1 Å². The number of thiophene rings is 1. The van der Waals surface area contributed by atoms with Crippen LogP contribution in [0.25, 0.3) is 0 Å². The molecule has 5 heteroatoms. The predicted molar refractivity (Wildman–Crippen MR) is 101 cm³/mol. The molecule has 2 N–H and O–H groups in total. The number of benzene rings is 2. The molecule has 0 unspecified atom stereocenters. The third kappa shape index (κ3) is 4.55. The summed E-state index contributed by atoms with van der Waals surface area (Å²) in [5.74, 6) is 0.000886. The Kier molecular flexibility index (Phi) is 5.26. The number of carbonyl (C=O) groups excluding carboxylic acids is 2. The summed E-state index contributed by atoms with van der Waals surface area (Å²) in [7, 11) is 0. The van der Waals surface area contributed by atoms with Gasteiger partial charge < -0.3 is 10.6 Å². The molecule has 0 bridgehead atoms. The molecule has 25 heavy (non-hydrogen) atoms. The first-order valence-electron chi connectivity index (χ1n) is 7.92. The minimum Gasteiger partial charge on any atom is -0.333 e. The highest BCUT2D eigenvalue weighted by Crippen LogP contribution is 2.20. The van der Waals surface area contributed by atoms with Crippen molar-refractivity contribution >= 4 is 28.8 Å². The van der Waals surface area contributed by atoms with Gasteiger partial charge in [-0.05, 0) is 31.2 Å². The standard InChI is InChI=1S/C20H18N2O2S/c1-14-7-9-16(10-8-14)22-20(24)21-13-17-11-12-18(25-17)19(23)15-5-3-2-4-6-15/h2-12H,13H2,1H3,(H2,21,22,24). The van der Waals surface area contributed by atoms with Crippen molar-refractivity contribution in [2.75, 3.05) is 5.32 Å². The first-order chi connectivity index (χ1) is 12.1. The van der Waals surface area contributed by atoms with E-state index in [4.69, 9.17) is 0 Å².